The fraction of sp³-hybridized carbons (Fsp3) is 0.0714. The van der Waals surface area contributed by atoms with E-state index >= 15 is 0 Å². The highest BCUT2D eigenvalue weighted by atomic mass is 32.2. The zero-order valence-corrected chi connectivity index (χ0v) is 11.0. The maximum absolute atomic E-state index is 12.1. The van der Waals surface area contributed by atoms with Crippen molar-refractivity contribution in [2.75, 3.05) is 5.75 Å². The largest absolute Gasteiger partial charge is 0.298 e. The molecule has 0 unspecified atom stereocenters. The van der Waals surface area contributed by atoms with Crippen LogP contribution in [0.1, 0.15) is 10.4 Å². The number of carbonyl (C=O) groups is 1. The van der Waals surface area contributed by atoms with E-state index in [-0.39, 0.29) is 5.75 Å². The molecule has 2 rings (SSSR count). The van der Waals surface area contributed by atoms with E-state index in [1.807, 2.05) is 18.2 Å². The molecule has 0 amide bonds. The third kappa shape index (κ3) is 2.66. The molecule has 0 N–H and O–H groups in total. The summed E-state index contributed by atoms with van der Waals surface area (Å²) in [6.07, 6.45) is 3.28. The first-order chi connectivity index (χ1) is 9.08. The van der Waals surface area contributed by atoms with Crippen molar-refractivity contribution in [3.63, 3.8) is 0 Å². The standard InChI is InChI=1S/C14H13NO3S/c1-2-8-19(17,18)15-10-12(11-16)9-14(15)13-6-4-3-5-7-13/h2-7,9-11H,1,8H2. The van der Waals surface area contributed by atoms with Gasteiger partial charge in [-0.25, -0.2) is 12.4 Å². The van der Waals surface area contributed by atoms with Crippen molar-refractivity contribution < 1.29 is 13.2 Å². The Hall–Kier alpha value is -2.14. The molecule has 0 radical (unpaired) electrons. The Morgan fingerprint density at radius 2 is 1.89 bits per heavy atom. The molecule has 0 saturated heterocycles. The van der Waals surface area contributed by atoms with Gasteiger partial charge in [-0.05, 0) is 11.6 Å². The first-order valence-electron chi connectivity index (χ1n) is 5.65. The van der Waals surface area contributed by atoms with Crippen molar-refractivity contribution in [1.82, 2.24) is 3.97 Å². The maximum Gasteiger partial charge on any atom is 0.242 e. The SMILES string of the molecule is C=CCS(=O)(=O)n1cc(C=O)cc1-c1ccccc1. The van der Waals surface area contributed by atoms with E-state index in [1.165, 1.54) is 12.3 Å². The number of carbonyl (C=O) groups excluding carboxylic acids is 1. The molecule has 0 aliphatic heterocycles. The zero-order chi connectivity index (χ0) is 13.9. The number of benzene rings is 1. The molecule has 1 aromatic carbocycles. The Bertz CT molecular complexity index is 700. The number of aldehydes is 1. The molecule has 4 nitrogen and oxygen atoms in total. The summed E-state index contributed by atoms with van der Waals surface area (Å²) in [6, 6.07) is 10.6. The van der Waals surface area contributed by atoms with Gasteiger partial charge in [-0.2, -0.15) is 0 Å². The van der Waals surface area contributed by atoms with Crippen LogP contribution in [0.2, 0.25) is 0 Å². The summed E-state index contributed by atoms with van der Waals surface area (Å²) in [7, 11) is -3.54. The molecule has 2 aromatic rings. The van der Waals surface area contributed by atoms with Crippen molar-refractivity contribution in [3.8, 4) is 11.3 Å². The fourth-order valence-electron chi connectivity index (χ4n) is 1.81. The first-order valence-corrected chi connectivity index (χ1v) is 7.26. The second-order valence-electron chi connectivity index (χ2n) is 4.01. The molecule has 5 heteroatoms. The molecule has 19 heavy (non-hydrogen) atoms. The summed E-state index contributed by atoms with van der Waals surface area (Å²) in [5, 5.41) is 0. The zero-order valence-electron chi connectivity index (χ0n) is 10.2. The first kappa shape index (κ1) is 13.3. The Labute approximate surface area is 112 Å². The van der Waals surface area contributed by atoms with Gasteiger partial charge in [-0.1, -0.05) is 36.4 Å². The van der Waals surface area contributed by atoms with E-state index < -0.39 is 10.0 Å². The van der Waals surface area contributed by atoms with Crippen LogP contribution in [0.4, 0.5) is 0 Å². The lowest BCUT2D eigenvalue weighted by molar-refractivity contribution is 0.112. The van der Waals surface area contributed by atoms with Crippen LogP contribution in [-0.4, -0.2) is 24.4 Å². The van der Waals surface area contributed by atoms with Crippen LogP contribution < -0.4 is 0 Å². The maximum atomic E-state index is 12.1. The molecular formula is C14H13NO3S. The predicted molar refractivity (Wildman–Crippen MR) is 74.6 cm³/mol. The third-order valence-corrected chi connectivity index (χ3v) is 4.20. The average Bonchev–Trinajstić information content (AvgIpc) is 2.85. The van der Waals surface area contributed by atoms with Crippen LogP contribution >= 0.6 is 0 Å². The minimum Gasteiger partial charge on any atom is -0.298 e. The molecule has 0 fully saturated rings. The highest BCUT2D eigenvalue weighted by Gasteiger charge is 2.17. The normalized spacial score (nSPS) is 11.2. The van der Waals surface area contributed by atoms with E-state index in [0.29, 0.717) is 17.5 Å². The second kappa shape index (κ2) is 5.24. The second-order valence-corrected chi connectivity index (χ2v) is 5.90. The molecule has 0 bridgehead atoms. The van der Waals surface area contributed by atoms with Crippen LogP contribution in [0.15, 0.2) is 55.3 Å². The summed E-state index contributed by atoms with van der Waals surface area (Å²) < 4.78 is 25.4. The summed E-state index contributed by atoms with van der Waals surface area (Å²) >= 11 is 0. The van der Waals surface area contributed by atoms with Crippen LogP contribution in [0.5, 0.6) is 0 Å². The van der Waals surface area contributed by atoms with Gasteiger partial charge in [0.05, 0.1) is 11.4 Å². The summed E-state index contributed by atoms with van der Waals surface area (Å²) in [6.45, 7) is 3.44. The van der Waals surface area contributed by atoms with Crippen molar-refractivity contribution in [2.45, 2.75) is 0 Å². The molecule has 1 aromatic heterocycles. The predicted octanol–water partition coefficient (Wildman–Crippen LogP) is 2.33. The lowest BCUT2D eigenvalue weighted by atomic mass is 10.1. The molecule has 0 spiro atoms. The monoisotopic (exact) mass is 275 g/mol. The number of aromatic nitrogens is 1. The van der Waals surface area contributed by atoms with Gasteiger partial charge in [0.25, 0.3) is 0 Å². The minimum atomic E-state index is -3.54. The number of nitrogens with zero attached hydrogens (tertiary/aromatic N) is 1. The van der Waals surface area contributed by atoms with Gasteiger partial charge in [0.15, 0.2) is 6.29 Å². The third-order valence-electron chi connectivity index (χ3n) is 2.64. The average molecular weight is 275 g/mol. The van der Waals surface area contributed by atoms with Gasteiger partial charge in [0.1, 0.15) is 0 Å². The molecule has 0 atom stereocenters. The molecule has 0 saturated carbocycles. The molecule has 0 aliphatic rings. The quantitative estimate of drug-likeness (QED) is 0.621. The van der Waals surface area contributed by atoms with Gasteiger partial charge >= 0.3 is 0 Å². The van der Waals surface area contributed by atoms with Crippen LogP contribution in [-0.2, 0) is 10.0 Å². The van der Waals surface area contributed by atoms with Gasteiger partial charge in [0, 0.05) is 11.8 Å². The highest BCUT2D eigenvalue weighted by Crippen LogP contribution is 2.23. The van der Waals surface area contributed by atoms with E-state index in [0.717, 1.165) is 9.54 Å². The van der Waals surface area contributed by atoms with E-state index in [2.05, 4.69) is 6.58 Å². The topological polar surface area (TPSA) is 56.1 Å². The lowest BCUT2D eigenvalue weighted by Gasteiger charge is -2.08. The van der Waals surface area contributed by atoms with Crippen LogP contribution in [0.25, 0.3) is 11.3 Å². The molecule has 1 heterocycles. The molecule has 0 aliphatic carbocycles. The van der Waals surface area contributed by atoms with Crippen molar-refractivity contribution in [1.29, 1.82) is 0 Å². The lowest BCUT2D eigenvalue weighted by Crippen LogP contribution is -2.15. The van der Waals surface area contributed by atoms with E-state index in [9.17, 15) is 13.2 Å². The van der Waals surface area contributed by atoms with Gasteiger partial charge in [-0.15, -0.1) is 6.58 Å². The summed E-state index contributed by atoms with van der Waals surface area (Å²) in [4.78, 5) is 10.9. The highest BCUT2D eigenvalue weighted by molar-refractivity contribution is 7.90. The Balaban J connectivity index is 2.65. The van der Waals surface area contributed by atoms with Crippen molar-refractivity contribution in [3.05, 3.63) is 60.8 Å². The Morgan fingerprint density at radius 1 is 1.21 bits per heavy atom. The number of rotatable bonds is 5. The van der Waals surface area contributed by atoms with Crippen molar-refractivity contribution >= 4 is 16.3 Å². The molecular weight excluding hydrogens is 262 g/mol. The smallest absolute Gasteiger partial charge is 0.242 e. The number of hydrogen-bond donors (Lipinski definition) is 0. The van der Waals surface area contributed by atoms with Gasteiger partial charge in [-0.3, -0.25) is 4.79 Å². The Morgan fingerprint density at radius 3 is 2.47 bits per heavy atom. The number of hydrogen-bond acceptors (Lipinski definition) is 3. The van der Waals surface area contributed by atoms with Crippen LogP contribution in [0, 0.1) is 0 Å². The summed E-state index contributed by atoms with van der Waals surface area (Å²) in [5.41, 5.74) is 1.54. The van der Waals surface area contributed by atoms with Gasteiger partial charge < -0.3 is 0 Å². The van der Waals surface area contributed by atoms with E-state index in [1.54, 1.807) is 18.2 Å². The Kier molecular flexibility index (Phi) is 3.66. The van der Waals surface area contributed by atoms with E-state index in [4.69, 9.17) is 0 Å². The van der Waals surface area contributed by atoms with Crippen molar-refractivity contribution in [2.24, 2.45) is 0 Å². The van der Waals surface area contributed by atoms with Gasteiger partial charge in [0.2, 0.25) is 10.0 Å². The minimum absolute atomic E-state index is 0.181. The van der Waals surface area contributed by atoms with Crippen LogP contribution in [0.3, 0.4) is 0 Å². The molecule has 98 valence electrons. The summed E-state index contributed by atoms with van der Waals surface area (Å²) in [5.74, 6) is -0.181. The fourth-order valence-corrected chi connectivity index (χ4v) is 3.01.